The molecule has 3 rings (SSSR count). The summed E-state index contributed by atoms with van der Waals surface area (Å²) in [5.74, 6) is 1.00. The number of hydrogen-bond donors (Lipinski definition) is 1. The number of amides is 1. The molecule has 0 aliphatic heterocycles. The first-order valence-corrected chi connectivity index (χ1v) is 8.28. The summed E-state index contributed by atoms with van der Waals surface area (Å²) in [6.45, 7) is 0. The second-order valence-corrected chi connectivity index (χ2v) is 6.64. The molecule has 5 nitrogen and oxygen atoms in total. The lowest BCUT2D eigenvalue weighted by Crippen LogP contribution is -2.26. The Morgan fingerprint density at radius 1 is 1.14 bits per heavy atom. The lowest BCUT2D eigenvalue weighted by atomic mass is 9.97. The molecular formula is C14H16FNO4S. The van der Waals surface area contributed by atoms with Crippen molar-refractivity contribution < 1.29 is 21.3 Å². The lowest BCUT2D eigenvalue weighted by molar-refractivity contribution is -0.121. The largest absolute Gasteiger partial charge is 0.488 e. The van der Waals surface area contributed by atoms with Crippen molar-refractivity contribution in [3.8, 4) is 5.75 Å². The molecule has 1 aromatic rings. The molecule has 7 heteroatoms. The molecule has 2 saturated carbocycles. The van der Waals surface area contributed by atoms with Gasteiger partial charge in [0.15, 0.2) is 0 Å². The van der Waals surface area contributed by atoms with Crippen molar-refractivity contribution in [3.05, 3.63) is 24.3 Å². The number of benzene rings is 1. The van der Waals surface area contributed by atoms with Crippen LogP contribution >= 0.6 is 0 Å². The highest BCUT2D eigenvalue weighted by molar-refractivity contribution is 7.81. The number of hydrogen-bond acceptors (Lipinski definition) is 4. The summed E-state index contributed by atoms with van der Waals surface area (Å²) in [4.78, 5) is 12.3. The van der Waals surface area contributed by atoms with Gasteiger partial charge in [0.2, 0.25) is 5.91 Å². The van der Waals surface area contributed by atoms with Crippen LogP contribution in [0.25, 0.3) is 0 Å². The predicted molar refractivity (Wildman–Crippen MR) is 74.7 cm³/mol. The molecule has 2 fully saturated rings. The van der Waals surface area contributed by atoms with Gasteiger partial charge in [0.1, 0.15) is 5.75 Å². The van der Waals surface area contributed by atoms with Crippen molar-refractivity contribution >= 4 is 22.1 Å². The molecule has 0 aromatic heterocycles. The van der Waals surface area contributed by atoms with E-state index in [-0.39, 0.29) is 17.6 Å². The Bertz CT molecular complexity index is 623. The van der Waals surface area contributed by atoms with Gasteiger partial charge in [-0.25, -0.2) is 0 Å². The van der Waals surface area contributed by atoms with E-state index in [9.17, 15) is 17.1 Å². The van der Waals surface area contributed by atoms with Crippen LogP contribution < -0.4 is 9.50 Å². The molecular weight excluding hydrogens is 297 g/mol. The zero-order chi connectivity index (χ0) is 15.0. The normalized spacial score (nSPS) is 18.6. The third-order valence-electron chi connectivity index (χ3n) is 3.88. The van der Waals surface area contributed by atoms with Gasteiger partial charge in [0, 0.05) is 11.6 Å². The van der Waals surface area contributed by atoms with Crippen molar-refractivity contribution in [2.45, 2.75) is 25.7 Å². The Hall–Kier alpha value is -1.63. The quantitative estimate of drug-likeness (QED) is 0.820. The first kappa shape index (κ1) is 14.3. The van der Waals surface area contributed by atoms with E-state index in [1.165, 1.54) is 24.3 Å². The summed E-state index contributed by atoms with van der Waals surface area (Å²) in [5, 5.41) is 2.84. The van der Waals surface area contributed by atoms with Crippen molar-refractivity contribution in [3.63, 3.8) is 0 Å². The fourth-order valence-electron chi connectivity index (χ4n) is 2.66. The summed E-state index contributed by atoms with van der Waals surface area (Å²) in [6.07, 6.45) is 4.48. The Balaban J connectivity index is 1.63. The molecule has 1 N–H and O–H groups in total. The Morgan fingerprint density at radius 2 is 1.67 bits per heavy atom. The third-order valence-corrected chi connectivity index (χ3v) is 4.27. The number of rotatable bonds is 6. The second kappa shape index (κ2) is 5.29. The molecule has 0 radical (unpaired) electrons. The molecule has 1 amide bonds. The van der Waals surface area contributed by atoms with E-state index in [1.54, 1.807) is 0 Å². The molecule has 0 spiro atoms. The van der Waals surface area contributed by atoms with Crippen LogP contribution in [0.4, 0.5) is 9.57 Å². The summed E-state index contributed by atoms with van der Waals surface area (Å²) < 4.78 is 37.2. The fourth-order valence-corrected chi connectivity index (χ4v) is 3.00. The van der Waals surface area contributed by atoms with Crippen LogP contribution in [0.2, 0.25) is 0 Å². The van der Waals surface area contributed by atoms with Crippen molar-refractivity contribution in [1.29, 1.82) is 0 Å². The highest BCUT2D eigenvalue weighted by atomic mass is 32.3. The lowest BCUT2D eigenvalue weighted by Gasteiger charge is -2.15. The summed E-state index contributed by atoms with van der Waals surface area (Å²) in [6, 6.07) is 5.59. The molecule has 0 heterocycles. The van der Waals surface area contributed by atoms with E-state index in [1.807, 2.05) is 0 Å². The first-order chi connectivity index (χ1) is 9.92. The number of anilines is 1. The molecule has 1 aromatic carbocycles. The molecule has 21 heavy (non-hydrogen) atoms. The number of halogens is 1. The second-order valence-electron chi connectivity index (χ2n) is 5.69. The van der Waals surface area contributed by atoms with E-state index < -0.39 is 10.5 Å². The molecule has 0 unspecified atom stereocenters. The first-order valence-electron chi connectivity index (χ1n) is 6.97. The topological polar surface area (TPSA) is 72.5 Å². The van der Waals surface area contributed by atoms with Gasteiger partial charge in [0.05, 0.1) is 0 Å². The summed E-state index contributed by atoms with van der Waals surface area (Å²) in [7, 11) is -5.02. The van der Waals surface area contributed by atoms with E-state index >= 15 is 0 Å². The maximum absolute atomic E-state index is 12.4. The summed E-state index contributed by atoms with van der Waals surface area (Å²) in [5.41, 5.74) is 0.551. The fraction of sp³-hybridized carbons (Fsp3) is 0.500. The van der Waals surface area contributed by atoms with Gasteiger partial charge in [-0.3, -0.25) is 4.79 Å². The molecule has 0 saturated heterocycles. The average molecular weight is 313 g/mol. The third kappa shape index (κ3) is 3.93. The minimum Gasteiger partial charge on any atom is -0.358 e. The van der Waals surface area contributed by atoms with Crippen LogP contribution in [0, 0.1) is 17.8 Å². The SMILES string of the molecule is O=C(Nc1ccc(OS(=O)(=O)F)cc1)C(C1CC1)C1CC1. The summed E-state index contributed by atoms with van der Waals surface area (Å²) >= 11 is 0. The highest BCUT2D eigenvalue weighted by Crippen LogP contribution is 2.49. The van der Waals surface area contributed by atoms with Crippen LogP contribution in [-0.4, -0.2) is 14.3 Å². The van der Waals surface area contributed by atoms with Crippen LogP contribution in [0.3, 0.4) is 0 Å². The monoisotopic (exact) mass is 313 g/mol. The van der Waals surface area contributed by atoms with Gasteiger partial charge in [0.25, 0.3) is 0 Å². The van der Waals surface area contributed by atoms with Crippen molar-refractivity contribution in [1.82, 2.24) is 0 Å². The minimum absolute atomic E-state index is 0.0202. The maximum Gasteiger partial charge on any atom is 0.488 e. The van der Waals surface area contributed by atoms with E-state index in [0.717, 1.165) is 25.7 Å². The number of nitrogens with one attached hydrogen (secondary N) is 1. The zero-order valence-electron chi connectivity index (χ0n) is 11.3. The smallest absolute Gasteiger partial charge is 0.358 e. The van der Waals surface area contributed by atoms with Crippen molar-refractivity contribution in [2.75, 3.05) is 5.32 Å². The minimum atomic E-state index is -5.02. The van der Waals surface area contributed by atoms with Crippen molar-refractivity contribution in [2.24, 2.45) is 17.8 Å². The highest BCUT2D eigenvalue weighted by Gasteiger charge is 2.45. The maximum atomic E-state index is 12.4. The van der Waals surface area contributed by atoms with Crippen LogP contribution in [0.1, 0.15) is 25.7 Å². The van der Waals surface area contributed by atoms with Gasteiger partial charge in [-0.15, -0.1) is 0 Å². The number of carbonyl (C=O) groups is 1. The molecule has 0 atom stereocenters. The van der Waals surface area contributed by atoms with Gasteiger partial charge in [-0.05, 0) is 61.8 Å². The Morgan fingerprint density at radius 3 is 2.10 bits per heavy atom. The van der Waals surface area contributed by atoms with Gasteiger partial charge in [-0.1, -0.05) is 3.89 Å². The Labute approximate surface area is 122 Å². The number of carbonyl (C=O) groups excluding carboxylic acids is 1. The van der Waals surface area contributed by atoms with Crippen LogP contribution in [0.15, 0.2) is 24.3 Å². The van der Waals surface area contributed by atoms with E-state index in [0.29, 0.717) is 17.5 Å². The molecule has 114 valence electrons. The van der Waals surface area contributed by atoms with Gasteiger partial charge < -0.3 is 9.50 Å². The molecule has 0 bridgehead atoms. The van der Waals surface area contributed by atoms with Crippen LogP contribution in [0.5, 0.6) is 5.75 Å². The molecule has 2 aliphatic rings. The van der Waals surface area contributed by atoms with Gasteiger partial charge in [-0.2, -0.15) is 8.42 Å². The molecule has 2 aliphatic carbocycles. The average Bonchev–Trinajstić information content (AvgIpc) is 3.23. The van der Waals surface area contributed by atoms with Gasteiger partial charge >= 0.3 is 10.5 Å². The Kier molecular flexibility index (Phi) is 3.61. The zero-order valence-corrected chi connectivity index (χ0v) is 12.1. The van der Waals surface area contributed by atoms with Crippen LogP contribution in [-0.2, 0) is 15.3 Å². The van der Waals surface area contributed by atoms with E-state index in [4.69, 9.17) is 0 Å². The van der Waals surface area contributed by atoms with E-state index in [2.05, 4.69) is 9.50 Å². The standard InChI is InChI=1S/C14H16FNO4S/c15-21(18,19)20-12-7-5-11(6-8-12)16-14(17)13(9-1-2-9)10-3-4-10/h5-10,13H,1-4H2,(H,16,17). The predicted octanol–water partition coefficient (Wildman–Crippen LogP) is 2.65.